The fraction of sp³-hybridized carbons (Fsp3) is 0.304. The van der Waals surface area contributed by atoms with Crippen LogP contribution in [0.3, 0.4) is 0 Å². The van der Waals surface area contributed by atoms with Crippen LogP contribution >= 0.6 is 0 Å². The van der Waals surface area contributed by atoms with Crippen molar-refractivity contribution in [1.82, 2.24) is 15.1 Å². The van der Waals surface area contributed by atoms with Gasteiger partial charge in [-0.3, -0.25) is 9.48 Å². The van der Waals surface area contributed by atoms with Crippen molar-refractivity contribution in [3.63, 3.8) is 0 Å². The fourth-order valence-electron chi connectivity index (χ4n) is 3.72. The Kier molecular flexibility index (Phi) is 5.89. The van der Waals surface area contributed by atoms with Gasteiger partial charge in [0.15, 0.2) is 0 Å². The molecule has 4 rings (SSSR count). The van der Waals surface area contributed by atoms with Crippen molar-refractivity contribution in [2.24, 2.45) is 0 Å². The number of ether oxygens (including phenoxy) is 1. The first kappa shape index (κ1) is 19.2. The van der Waals surface area contributed by atoms with E-state index < -0.39 is 0 Å². The van der Waals surface area contributed by atoms with E-state index in [-0.39, 0.29) is 30.8 Å². The number of hydrogen-bond acceptors (Lipinski definition) is 3. The van der Waals surface area contributed by atoms with Crippen LogP contribution in [0.15, 0.2) is 60.8 Å². The topological polar surface area (TPSA) is 56.1 Å². The Balaban J connectivity index is 1.33. The van der Waals surface area contributed by atoms with E-state index in [0.29, 0.717) is 5.75 Å². The largest absolute Gasteiger partial charge is 0.493 e. The standard InChI is InChI=1S/C23H24FN3O2/c24-18-9-11-19(12-10-18)29-14-13-23(28)26-21-7-4-8-22-20(21)15-25-27(22)16-17-5-2-1-3-6-17/h1-3,5-6,9-12,15,21H,4,7-8,13-14,16H2,(H,26,28)/t21-/m0/s1. The molecule has 0 bridgehead atoms. The maximum atomic E-state index is 12.9. The van der Waals surface area contributed by atoms with Gasteiger partial charge in [0, 0.05) is 11.3 Å². The van der Waals surface area contributed by atoms with Gasteiger partial charge in [0.2, 0.25) is 5.91 Å². The molecule has 1 aliphatic rings. The minimum atomic E-state index is -0.309. The lowest BCUT2D eigenvalue weighted by Gasteiger charge is -2.24. The molecule has 0 spiro atoms. The van der Waals surface area contributed by atoms with Crippen LogP contribution in [0.2, 0.25) is 0 Å². The zero-order valence-corrected chi connectivity index (χ0v) is 16.2. The SMILES string of the molecule is O=C(CCOc1ccc(F)cc1)N[C@H]1CCCc2c1cnn2Cc1ccccc1. The summed E-state index contributed by atoms with van der Waals surface area (Å²) in [6.07, 6.45) is 5.04. The van der Waals surface area contributed by atoms with E-state index >= 15 is 0 Å². The van der Waals surface area contributed by atoms with Crippen LogP contribution in [0.4, 0.5) is 4.39 Å². The molecule has 0 unspecified atom stereocenters. The highest BCUT2D eigenvalue weighted by molar-refractivity contribution is 5.76. The van der Waals surface area contributed by atoms with Gasteiger partial charge in [-0.05, 0) is 49.1 Å². The second kappa shape index (κ2) is 8.90. The van der Waals surface area contributed by atoms with E-state index in [9.17, 15) is 9.18 Å². The van der Waals surface area contributed by atoms with Crippen molar-refractivity contribution in [2.45, 2.75) is 38.3 Å². The number of carbonyl (C=O) groups excluding carboxylic acids is 1. The summed E-state index contributed by atoms with van der Waals surface area (Å²) in [5, 5.41) is 7.68. The molecule has 1 heterocycles. The number of aromatic nitrogens is 2. The van der Waals surface area contributed by atoms with Gasteiger partial charge in [-0.25, -0.2) is 4.39 Å². The maximum Gasteiger partial charge on any atom is 0.223 e. The van der Waals surface area contributed by atoms with Gasteiger partial charge in [0.1, 0.15) is 11.6 Å². The summed E-state index contributed by atoms with van der Waals surface area (Å²) in [4.78, 5) is 12.4. The van der Waals surface area contributed by atoms with Gasteiger partial charge < -0.3 is 10.1 Å². The van der Waals surface area contributed by atoms with Crippen LogP contribution in [0.5, 0.6) is 5.75 Å². The molecule has 0 saturated carbocycles. The molecule has 5 nitrogen and oxygen atoms in total. The molecule has 1 atom stereocenters. The van der Waals surface area contributed by atoms with Crippen LogP contribution in [0.1, 0.15) is 42.1 Å². The van der Waals surface area contributed by atoms with Crippen LogP contribution in [0, 0.1) is 5.82 Å². The Morgan fingerprint density at radius 3 is 2.76 bits per heavy atom. The molecule has 150 valence electrons. The molecule has 0 fully saturated rings. The monoisotopic (exact) mass is 393 g/mol. The number of hydrogen-bond donors (Lipinski definition) is 1. The average Bonchev–Trinajstić information content (AvgIpc) is 3.14. The van der Waals surface area contributed by atoms with Crippen molar-refractivity contribution in [1.29, 1.82) is 0 Å². The molecular weight excluding hydrogens is 369 g/mol. The second-order valence-corrected chi connectivity index (χ2v) is 7.25. The number of amides is 1. The van der Waals surface area contributed by atoms with Gasteiger partial charge in [-0.15, -0.1) is 0 Å². The molecule has 0 aliphatic heterocycles. The van der Waals surface area contributed by atoms with E-state index in [1.807, 2.05) is 29.1 Å². The predicted molar refractivity (Wildman–Crippen MR) is 108 cm³/mol. The Labute approximate surface area is 169 Å². The van der Waals surface area contributed by atoms with Crippen molar-refractivity contribution >= 4 is 5.91 Å². The Morgan fingerprint density at radius 2 is 1.97 bits per heavy atom. The Hall–Kier alpha value is -3.15. The van der Waals surface area contributed by atoms with Gasteiger partial charge in [0.25, 0.3) is 0 Å². The molecule has 1 N–H and O–H groups in total. The Morgan fingerprint density at radius 1 is 1.17 bits per heavy atom. The lowest BCUT2D eigenvalue weighted by Crippen LogP contribution is -2.31. The summed E-state index contributed by atoms with van der Waals surface area (Å²) >= 11 is 0. The van der Waals surface area contributed by atoms with Gasteiger partial charge in [-0.1, -0.05) is 30.3 Å². The molecule has 29 heavy (non-hydrogen) atoms. The number of carbonyl (C=O) groups is 1. The molecule has 1 aromatic heterocycles. The van der Waals surface area contributed by atoms with E-state index in [0.717, 1.165) is 31.4 Å². The van der Waals surface area contributed by atoms with Gasteiger partial charge in [0.05, 0.1) is 31.8 Å². The summed E-state index contributed by atoms with van der Waals surface area (Å²) < 4.78 is 20.5. The lowest BCUT2D eigenvalue weighted by atomic mass is 9.92. The van der Waals surface area contributed by atoms with Crippen molar-refractivity contribution in [2.75, 3.05) is 6.61 Å². The highest BCUT2D eigenvalue weighted by atomic mass is 19.1. The number of nitrogens with one attached hydrogen (secondary N) is 1. The third kappa shape index (κ3) is 4.83. The quantitative estimate of drug-likeness (QED) is 0.659. The van der Waals surface area contributed by atoms with Crippen LogP contribution in [-0.4, -0.2) is 22.3 Å². The molecule has 2 aromatic carbocycles. The summed E-state index contributed by atoms with van der Waals surface area (Å²) in [6, 6.07) is 16.0. The molecule has 3 aromatic rings. The minimum absolute atomic E-state index is 0.0124. The van der Waals surface area contributed by atoms with Crippen LogP contribution in [0.25, 0.3) is 0 Å². The van der Waals surface area contributed by atoms with E-state index in [2.05, 4.69) is 22.5 Å². The summed E-state index contributed by atoms with van der Waals surface area (Å²) in [5.74, 6) is 0.193. The highest BCUT2D eigenvalue weighted by Gasteiger charge is 2.25. The first-order chi connectivity index (χ1) is 14.2. The lowest BCUT2D eigenvalue weighted by molar-refractivity contribution is -0.122. The third-order valence-electron chi connectivity index (χ3n) is 5.18. The molecular formula is C23H24FN3O2. The van der Waals surface area contributed by atoms with Gasteiger partial charge >= 0.3 is 0 Å². The highest BCUT2D eigenvalue weighted by Crippen LogP contribution is 2.30. The van der Waals surface area contributed by atoms with Gasteiger partial charge in [-0.2, -0.15) is 5.10 Å². The Bertz CT molecular complexity index is 954. The second-order valence-electron chi connectivity index (χ2n) is 7.25. The van der Waals surface area contributed by atoms with E-state index in [1.54, 1.807) is 12.1 Å². The number of halogens is 1. The molecule has 0 radical (unpaired) electrons. The average molecular weight is 393 g/mol. The molecule has 1 aliphatic carbocycles. The minimum Gasteiger partial charge on any atom is -0.493 e. The first-order valence-corrected chi connectivity index (χ1v) is 9.95. The summed E-state index contributed by atoms with van der Waals surface area (Å²) in [7, 11) is 0. The van der Waals surface area contributed by atoms with Crippen molar-refractivity contribution < 1.29 is 13.9 Å². The number of rotatable bonds is 7. The fourth-order valence-corrected chi connectivity index (χ4v) is 3.72. The summed E-state index contributed by atoms with van der Waals surface area (Å²) in [6.45, 7) is 0.993. The zero-order valence-electron chi connectivity index (χ0n) is 16.2. The summed E-state index contributed by atoms with van der Waals surface area (Å²) in [5.41, 5.74) is 3.52. The molecule has 1 amide bonds. The third-order valence-corrected chi connectivity index (χ3v) is 5.18. The first-order valence-electron chi connectivity index (χ1n) is 9.95. The van der Waals surface area contributed by atoms with E-state index in [4.69, 9.17) is 4.74 Å². The molecule has 0 saturated heterocycles. The number of nitrogens with zero attached hydrogens (tertiary/aromatic N) is 2. The predicted octanol–water partition coefficient (Wildman–Crippen LogP) is 4.03. The number of fused-ring (bicyclic) bond motifs is 1. The van der Waals surface area contributed by atoms with E-state index in [1.165, 1.54) is 23.4 Å². The van der Waals surface area contributed by atoms with Crippen LogP contribution < -0.4 is 10.1 Å². The number of benzene rings is 2. The van der Waals surface area contributed by atoms with Crippen molar-refractivity contribution in [3.8, 4) is 5.75 Å². The molecule has 6 heteroatoms. The van der Waals surface area contributed by atoms with Crippen molar-refractivity contribution in [3.05, 3.63) is 83.4 Å². The smallest absolute Gasteiger partial charge is 0.223 e. The van der Waals surface area contributed by atoms with Crippen LogP contribution in [-0.2, 0) is 17.8 Å². The zero-order chi connectivity index (χ0) is 20.1. The maximum absolute atomic E-state index is 12.9. The normalized spacial score (nSPS) is 15.6.